The molecular formula is C20H41NO4. The van der Waals surface area contributed by atoms with E-state index in [0.717, 1.165) is 12.8 Å². The van der Waals surface area contributed by atoms with E-state index < -0.39 is 11.9 Å². The molecule has 0 unspecified atom stereocenters. The minimum absolute atomic E-state index is 0.278. The van der Waals surface area contributed by atoms with Gasteiger partial charge in [-0.1, -0.05) is 96.8 Å². The Bertz CT molecular complexity index is 295. The first-order valence-corrected chi connectivity index (χ1v) is 10.2. The monoisotopic (exact) mass is 359 g/mol. The highest BCUT2D eigenvalue weighted by molar-refractivity contribution is 5.68. The van der Waals surface area contributed by atoms with E-state index in [9.17, 15) is 9.59 Å². The van der Waals surface area contributed by atoms with Crippen LogP contribution in [-0.4, -0.2) is 28.7 Å². The Morgan fingerprint density at radius 3 is 1.12 bits per heavy atom. The lowest BCUT2D eigenvalue weighted by Crippen LogP contribution is -2.10. The maximum absolute atomic E-state index is 10.3. The lowest BCUT2D eigenvalue weighted by molar-refractivity contribution is -0.137. The maximum Gasteiger partial charge on any atom is 0.317 e. The van der Waals surface area contributed by atoms with Gasteiger partial charge < -0.3 is 15.9 Å². The van der Waals surface area contributed by atoms with Crippen LogP contribution in [0, 0.1) is 0 Å². The van der Waals surface area contributed by atoms with E-state index >= 15 is 0 Å². The zero-order valence-electron chi connectivity index (χ0n) is 16.3. The molecule has 0 saturated heterocycles. The first-order valence-electron chi connectivity index (χ1n) is 10.2. The SMILES string of the molecule is CCCCCCCCCCCCCCCCCC(=O)O.NCC(=O)O. The molecule has 150 valence electrons. The maximum atomic E-state index is 10.3. The Balaban J connectivity index is 0. The molecule has 0 saturated carbocycles. The summed E-state index contributed by atoms with van der Waals surface area (Å²) in [6, 6.07) is 0. The van der Waals surface area contributed by atoms with Gasteiger partial charge in [-0.25, -0.2) is 0 Å². The minimum atomic E-state index is -0.968. The van der Waals surface area contributed by atoms with Gasteiger partial charge in [0.2, 0.25) is 0 Å². The second kappa shape index (κ2) is 22.9. The van der Waals surface area contributed by atoms with Crippen molar-refractivity contribution in [3.8, 4) is 0 Å². The first kappa shape index (κ1) is 26.1. The lowest BCUT2D eigenvalue weighted by Gasteiger charge is -2.03. The molecule has 4 N–H and O–H groups in total. The number of hydrogen-bond donors (Lipinski definition) is 3. The van der Waals surface area contributed by atoms with Crippen LogP contribution >= 0.6 is 0 Å². The van der Waals surface area contributed by atoms with E-state index in [1.807, 2.05) is 0 Å². The summed E-state index contributed by atoms with van der Waals surface area (Å²) in [5.74, 6) is -1.62. The second-order valence-electron chi connectivity index (χ2n) is 6.69. The third-order valence-corrected chi connectivity index (χ3v) is 4.17. The van der Waals surface area contributed by atoms with Crippen LogP contribution in [0.3, 0.4) is 0 Å². The summed E-state index contributed by atoms with van der Waals surface area (Å²) in [5.41, 5.74) is 4.57. The number of aliphatic carboxylic acids is 2. The zero-order chi connectivity index (χ0) is 19.2. The molecule has 0 spiro atoms. The normalized spacial score (nSPS) is 10.2. The summed E-state index contributed by atoms with van der Waals surface area (Å²) in [6.45, 7) is 1.99. The molecule has 0 aliphatic heterocycles. The molecule has 0 aromatic rings. The molecule has 25 heavy (non-hydrogen) atoms. The van der Waals surface area contributed by atoms with E-state index in [1.54, 1.807) is 0 Å². The summed E-state index contributed by atoms with van der Waals surface area (Å²) in [4.78, 5) is 19.6. The fraction of sp³-hybridized carbons (Fsp3) is 0.900. The number of carboxylic acid groups (broad SMARTS) is 2. The summed E-state index contributed by atoms with van der Waals surface area (Å²) in [7, 11) is 0. The van der Waals surface area contributed by atoms with Crippen molar-refractivity contribution in [3.05, 3.63) is 0 Å². The third-order valence-electron chi connectivity index (χ3n) is 4.17. The van der Waals surface area contributed by atoms with Crippen LogP contribution in [0.5, 0.6) is 0 Å². The van der Waals surface area contributed by atoms with E-state index in [1.165, 1.54) is 83.5 Å². The van der Waals surface area contributed by atoms with Crippen LogP contribution in [0.1, 0.15) is 110 Å². The van der Waals surface area contributed by atoms with Crippen molar-refractivity contribution in [3.63, 3.8) is 0 Å². The van der Waals surface area contributed by atoms with Crippen molar-refractivity contribution in [2.24, 2.45) is 5.73 Å². The van der Waals surface area contributed by atoms with Gasteiger partial charge in [0, 0.05) is 6.42 Å². The predicted molar refractivity (Wildman–Crippen MR) is 104 cm³/mol. The summed E-state index contributed by atoms with van der Waals surface area (Å²) < 4.78 is 0. The highest BCUT2D eigenvalue weighted by Gasteiger charge is 1.97. The van der Waals surface area contributed by atoms with Crippen molar-refractivity contribution >= 4 is 11.9 Å². The Morgan fingerprint density at radius 2 is 0.880 bits per heavy atom. The molecule has 0 heterocycles. The van der Waals surface area contributed by atoms with Crippen molar-refractivity contribution < 1.29 is 19.8 Å². The number of hydrogen-bond acceptors (Lipinski definition) is 3. The Hall–Kier alpha value is -1.10. The summed E-state index contributed by atoms with van der Waals surface area (Å²) >= 11 is 0. The van der Waals surface area contributed by atoms with Crippen LogP contribution in [0.25, 0.3) is 0 Å². The standard InChI is InChI=1S/C18H36O2.C2H5NO2/c1-2-3-4-5-6-7-8-9-10-11-12-13-14-15-16-17-18(19)20;3-1-2(4)5/h2-17H2,1H3,(H,19,20);1,3H2,(H,4,5). The number of carbonyl (C=O) groups is 2. The van der Waals surface area contributed by atoms with Crippen molar-refractivity contribution in [2.45, 2.75) is 110 Å². The smallest absolute Gasteiger partial charge is 0.317 e. The molecule has 0 fully saturated rings. The van der Waals surface area contributed by atoms with Crippen LogP contribution in [0.4, 0.5) is 0 Å². The summed E-state index contributed by atoms with van der Waals surface area (Å²) in [5, 5.41) is 16.1. The van der Waals surface area contributed by atoms with Crippen LogP contribution in [0.15, 0.2) is 0 Å². The van der Waals surface area contributed by atoms with Crippen molar-refractivity contribution in [2.75, 3.05) is 6.54 Å². The Labute approximate surface area is 154 Å². The van der Waals surface area contributed by atoms with Gasteiger partial charge in [0.25, 0.3) is 0 Å². The minimum Gasteiger partial charge on any atom is -0.481 e. The zero-order valence-corrected chi connectivity index (χ0v) is 16.3. The first-order chi connectivity index (χ1) is 12.0. The fourth-order valence-electron chi connectivity index (χ4n) is 2.65. The molecule has 0 rings (SSSR count). The number of unbranched alkanes of at least 4 members (excludes halogenated alkanes) is 14. The molecular weight excluding hydrogens is 318 g/mol. The van der Waals surface area contributed by atoms with E-state index in [-0.39, 0.29) is 6.54 Å². The molecule has 0 aromatic carbocycles. The largest absolute Gasteiger partial charge is 0.481 e. The van der Waals surface area contributed by atoms with E-state index in [0.29, 0.717) is 6.42 Å². The van der Waals surface area contributed by atoms with Crippen molar-refractivity contribution in [1.29, 1.82) is 0 Å². The third kappa shape index (κ3) is 31.2. The average molecular weight is 360 g/mol. The molecule has 0 aromatic heterocycles. The summed E-state index contributed by atoms with van der Waals surface area (Å²) in [6.07, 6.45) is 20.2. The van der Waals surface area contributed by atoms with Crippen molar-refractivity contribution in [1.82, 2.24) is 0 Å². The van der Waals surface area contributed by atoms with E-state index in [4.69, 9.17) is 10.2 Å². The van der Waals surface area contributed by atoms with Gasteiger partial charge in [0.05, 0.1) is 6.54 Å². The van der Waals surface area contributed by atoms with Crippen LogP contribution in [-0.2, 0) is 9.59 Å². The quantitative estimate of drug-likeness (QED) is 0.303. The van der Waals surface area contributed by atoms with Gasteiger partial charge in [-0.15, -0.1) is 0 Å². The molecule has 0 aliphatic carbocycles. The van der Waals surface area contributed by atoms with Gasteiger partial charge in [-0.3, -0.25) is 9.59 Å². The Morgan fingerprint density at radius 1 is 0.600 bits per heavy atom. The molecule has 0 bridgehead atoms. The fourth-order valence-corrected chi connectivity index (χ4v) is 2.65. The number of rotatable bonds is 17. The molecule has 5 nitrogen and oxygen atoms in total. The van der Waals surface area contributed by atoms with E-state index in [2.05, 4.69) is 12.7 Å². The van der Waals surface area contributed by atoms with Gasteiger partial charge in [-0.05, 0) is 6.42 Å². The second-order valence-corrected chi connectivity index (χ2v) is 6.69. The molecule has 0 aliphatic rings. The van der Waals surface area contributed by atoms with Gasteiger partial charge in [-0.2, -0.15) is 0 Å². The highest BCUT2D eigenvalue weighted by atomic mass is 16.4. The highest BCUT2D eigenvalue weighted by Crippen LogP contribution is 2.13. The molecule has 0 atom stereocenters. The molecule has 0 radical (unpaired) electrons. The Kier molecular flexibility index (Phi) is 23.9. The lowest BCUT2D eigenvalue weighted by atomic mass is 10.0. The number of carboxylic acids is 2. The topological polar surface area (TPSA) is 101 Å². The molecule has 0 amide bonds. The van der Waals surface area contributed by atoms with Gasteiger partial charge in [0.15, 0.2) is 0 Å². The van der Waals surface area contributed by atoms with Gasteiger partial charge in [0.1, 0.15) is 0 Å². The van der Waals surface area contributed by atoms with Gasteiger partial charge >= 0.3 is 11.9 Å². The predicted octanol–water partition coefficient (Wildman–Crippen LogP) is 5.36. The van der Waals surface area contributed by atoms with Crippen LogP contribution in [0.2, 0.25) is 0 Å². The number of nitrogens with two attached hydrogens (primary N) is 1. The average Bonchev–Trinajstić information content (AvgIpc) is 2.58. The molecule has 5 heteroatoms. The van der Waals surface area contributed by atoms with Crippen LogP contribution < -0.4 is 5.73 Å².